The second-order valence-corrected chi connectivity index (χ2v) is 3.39. The molecule has 1 fully saturated rings. The summed E-state index contributed by atoms with van der Waals surface area (Å²) in [5.74, 6) is 1.74. The third-order valence-corrected chi connectivity index (χ3v) is 1.96. The van der Waals surface area contributed by atoms with Crippen LogP contribution >= 0.6 is 0 Å². The zero-order valence-corrected chi connectivity index (χ0v) is 8.18. The second-order valence-electron chi connectivity index (χ2n) is 3.39. The summed E-state index contributed by atoms with van der Waals surface area (Å²) in [5, 5.41) is 0. The maximum Gasteiger partial charge on any atom is 0.133 e. The zero-order valence-electron chi connectivity index (χ0n) is 8.18. The summed E-state index contributed by atoms with van der Waals surface area (Å²) in [4.78, 5) is 10.9. The molecular formula is C10H20O. The van der Waals surface area contributed by atoms with E-state index in [1.54, 1.807) is 0 Å². The molecule has 2 atom stereocenters. The maximum absolute atomic E-state index is 10.9. The van der Waals surface area contributed by atoms with Gasteiger partial charge >= 0.3 is 0 Å². The predicted molar refractivity (Wildman–Crippen MR) is 48.5 cm³/mol. The molecule has 0 aromatic carbocycles. The Kier molecular flexibility index (Phi) is 5.18. The van der Waals surface area contributed by atoms with Gasteiger partial charge in [-0.25, -0.2) is 0 Å². The molecular weight excluding hydrogens is 136 g/mol. The molecule has 0 radical (unpaired) electrons. The van der Waals surface area contributed by atoms with Crippen molar-refractivity contribution >= 4 is 5.78 Å². The van der Waals surface area contributed by atoms with Gasteiger partial charge in [0.2, 0.25) is 0 Å². The van der Waals surface area contributed by atoms with Crippen molar-refractivity contribution in [2.75, 3.05) is 0 Å². The van der Waals surface area contributed by atoms with E-state index in [0.29, 0.717) is 17.6 Å². The highest BCUT2D eigenvalue weighted by Crippen LogP contribution is 2.25. The van der Waals surface area contributed by atoms with Crippen LogP contribution in [0.15, 0.2) is 0 Å². The summed E-state index contributed by atoms with van der Waals surface area (Å²) >= 11 is 0. The molecule has 0 N–H and O–H groups in total. The van der Waals surface area contributed by atoms with Crippen LogP contribution < -0.4 is 0 Å². The third kappa shape index (κ3) is 4.18. The second kappa shape index (κ2) is 5.34. The van der Waals surface area contributed by atoms with E-state index in [0.717, 1.165) is 12.8 Å². The number of Topliss-reactive ketones (excluding diaryl/α,β-unsaturated/α-hetero) is 1. The van der Waals surface area contributed by atoms with Gasteiger partial charge in [0.1, 0.15) is 5.78 Å². The van der Waals surface area contributed by atoms with E-state index in [1.165, 1.54) is 6.42 Å². The number of hydrogen-bond acceptors (Lipinski definition) is 1. The van der Waals surface area contributed by atoms with Crippen molar-refractivity contribution in [2.24, 2.45) is 11.8 Å². The first-order chi connectivity index (χ1) is 5.18. The molecule has 1 aliphatic rings. The third-order valence-electron chi connectivity index (χ3n) is 1.96. The van der Waals surface area contributed by atoms with Crippen LogP contribution in [0.1, 0.15) is 47.0 Å². The molecule has 0 aromatic rings. The minimum absolute atomic E-state index is 0.459. The minimum Gasteiger partial charge on any atom is -0.300 e. The average Bonchev–Trinajstić information content (AvgIpc) is 1.88. The van der Waals surface area contributed by atoms with Gasteiger partial charge in [-0.05, 0) is 18.3 Å². The van der Waals surface area contributed by atoms with E-state index in [2.05, 4.69) is 13.8 Å². The fraction of sp³-hybridized carbons (Fsp3) is 0.900. The van der Waals surface area contributed by atoms with Crippen LogP contribution in [-0.2, 0) is 4.79 Å². The van der Waals surface area contributed by atoms with Crippen LogP contribution in [-0.4, -0.2) is 5.78 Å². The Morgan fingerprint density at radius 1 is 1.09 bits per heavy atom. The van der Waals surface area contributed by atoms with Crippen molar-refractivity contribution in [1.82, 2.24) is 0 Å². The molecule has 1 nitrogen and oxygen atoms in total. The van der Waals surface area contributed by atoms with Crippen LogP contribution in [0.5, 0.6) is 0 Å². The molecule has 0 unspecified atom stereocenters. The lowest BCUT2D eigenvalue weighted by molar-refractivity contribution is -0.122. The predicted octanol–water partition coefficient (Wildman–Crippen LogP) is 3.04. The lowest BCUT2D eigenvalue weighted by atomic mass is 9.83. The Balaban J connectivity index is 0.000000461. The fourth-order valence-corrected chi connectivity index (χ4v) is 1.71. The van der Waals surface area contributed by atoms with Crippen molar-refractivity contribution in [3.63, 3.8) is 0 Å². The fourth-order valence-electron chi connectivity index (χ4n) is 1.71. The van der Waals surface area contributed by atoms with Gasteiger partial charge in [-0.15, -0.1) is 0 Å². The van der Waals surface area contributed by atoms with Crippen LogP contribution in [0.25, 0.3) is 0 Å². The maximum atomic E-state index is 10.9. The van der Waals surface area contributed by atoms with Crippen LogP contribution in [0, 0.1) is 11.8 Å². The number of ketones is 1. The number of hydrogen-bond donors (Lipinski definition) is 0. The molecule has 0 aromatic heterocycles. The smallest absolute Gasteiger partial charge is 0.133 e. The summed E-state index contributed by atoms with van der Waals surface area (Å²) < 4.78 is 0. The van der Waals surface area contributed by atoms with Gasteiger partial charge in [0.15, 0.2) is 0 Å². The zero-order chi connectivity index (χ0) is 8.85. The van der Waals surface area contributed by atoms with Crippen LogP contribution in [0.2, 0.25) is 0 Å². The van der Waals surface area contributed by atoms with Gasteiger partial charge in [-0.1, -0.05) is 27.7 Å². The molecule has 0 heterocycles. The van der Waals surface area contributed by atoms with Gasteiger partial charge < -0.3 is 0 Å². The van der Waals surface area contributed by atoms with Gasteiger partial charge in [0.05, 0.1) is 0 Å². The van der Waals surface area contributed by atoms with Gasteiger partial charge in [-0.2, -0.15) is 0 Å². The lowest BCUT2D eigenvalue weighted by Crippen LogP contribution is -2.18. The first kappa shape index (κ1) is 10.7. The Hall–Kier alpha value is -0.330. The Morgan fingerprint density at radius 3 is 1.73 bits per heavy atom. The van der Waals surface area contributed by atoms with Crippen LogP contribution in [0.3, 0.4) is 0 Å². The van der Waals surface area contributed by atoms with Crippen molar-refractivity contribution < 1.29 is 4.79 Å². The molecule has 66 valence electrons. The van der Waals surface area contributed by atoms with Gasteiger partial charge in [0, 0.05) is 12.8 Å². The van der Waals surface area contributed by atoms with Crippen molar-refractivity contribution in [2.45, 2.75) is 47.0 Å². The Morgan fingerprint density at radius 2 is 1.45 bits per heavy atom. The van der Waals surface area contributed by atoms with E-state index >= 15 is 0 Å². The minimum atomic E-state index is 0.459. The molecule has 0 aliphatic heterocycles. The molecule has 1 rings (SSSR count). The standard InChI is InChI=1S/C8H14O.C2H6/c1-6-3-7(2)5-8(9)4-6;1-2/h6-7H,3-5H2,1-2H3;1-2H3/t6-,7+;. The lowest BCUT2D eigenvalue weighted by Gasteiger charge is -2.21. The first-order valence-corrected chi connectivity index (χ1v) is 4.70. The molecule has 11 heavy (non-hydrogen) atoms. The highest BCUT2D eigenvalue weighted by atomic mass is 16.1. The number of carbonyl (C=O) groups excluding carboxylic acids is 1. The van der Waals surface area contributed by atoms with E-state index in [9.17, 15) is 4.79 Å². The van der Waals surface area contributed by atoms with Crippen molar-refractivity contribution in [3.8, 4) is 0 Å². The van der Waals surface area contributed by atoms with Crippen molar-refractivity contribution in [3.05, 3.63) is 0 Å². The first-order valence-electron chi connectivity index (χ1n) is 4.70. The summed E-state index contributed by atoms with van der Waals surface area (Å²) in [6, 6.07) is 0. The highest BCUT2D eigenvalue weighted by Gasteiger charge is 2.20. The molecule has 0 spiro atoms. The Bertz CT molecular complexity index is 106. The van der Waals surface area contributed by atoms with Gasteiger partial charge in [0.25, 0.3) is 0 Å². The summed E-state index contributed by atoms with van der Waals surface area (Å²) in [6.07, 6.45) is 2.89. The van der Waals surface area contributed by atoms with Crippen LogP contribution in [0.4, 0.5) is 0 Å². The van der Waals surface area contributed by atoms with E-state index in [4.69, 9.17) is 0 Å². The topological polar surface area (TPSA) is 17.1 Å². The quantitative estimate of drug-likeness (QED) is 0.527. The summed E-state index contributed by atoms with van der Waals surface area (Å²) in [7, 11) is 0. The van der Waals surface area contributed by atoms with E-state index in [1.807, 2.05) is 13.8 Å². The SMILES string of the molecule is CC.C[C@@H]1CC(=O)C[C@H](C)C1. The molecule has 1 saturated carbocycles. The highest BCUT2D eigenvalue weighted by molar-refractivity contribution is 5.79. The van der Waals surface area contributed by atoms with Crippen molar-refractivity contribution in [1.29, 1.82) is 0 Å². The molecule has 0 bridgehead atoms. The van der Waals surface area contributed by atoms with E-state index < -0.39 is 0 Å². The van der Waals surface area contributed by atoms with Gasteiger partial charge in [-0.3, -0.25) is 4.79 Å². The summed E-state index contributed by atoms with van der Waals surface area (Å²) in [6.45, 7) is 8.32. The monoisotopic (exact) mass is 156 g/mol. The van der Waals surface area contributed by atoms with E-state index in [-0.39, 0.29) is 0 Å². The molecule has 1 heteroatoms. The normalized spacial score (nSPS) is 30.7. The average molecular weight is 156 g/mol. The molecule has 0 amide bonds. The largest absolute Gasteiger partial charge is 0.300 e. The molecule has 1 aliphatic carbocycles. The summed E-state index contributed by atoms with van der Waals surface area (Å²) in [5.41, 5.74) is 0. The Labute approximate surface area is 70.2 Å². The molecule has 0 saturated heterocycles. The number of rotatable bonds is 0. The number of carbonyl (C=O) groups is 1.